The fourth-order valence-corrected chi connectivity index (χ4v) is 3.57. The summed E-state index contributed by atoms with van der Waals surface area (Å²) in [5.41, 5.74) is 1.27. The van der Waals surface area contributed by atoms with Crippen molar-refractivity contribution in [3.8, 4) is 0 Å². The minimum absolute atomic E-state index is 0.121. The zero-order chi connectivity index (χ0) is 13.8. The zero-order valence-electron chi connectivity index (χ0n) is 12.1. The summed E-state index contributed by atoms with van der Waals surface area (Å²) in [6, 6.07) is 4.48. The van der Waals surface area contributed by atoms with Crippen LogP contribution >= 0.6 is 11.8 Å². The second-order valence-electron chi connectivity index (χ2n) is 5.44. The Balaban J connectivity index is 2.17. The van der Waals surface area contributed by atoms with E-state index in [0.717, 1.165) is 25.1 Å². The lowest BCUT2D eigenvalue weighted by Gasteiger charge is -2.37. The number of aromatic nitrogens is 1. The van der Waals surface area contributed by atoms with E-state index in [4.69, 9.17) is 0 Å². The van der Waals surface area contributed by atoms with Crippen LogP contribution in [0.1, 0.15) is 37.9 Å². The molecule has 2 rings (SSSR count). The fraction of sp³-hybridized carbons (Fsp3) is 0.667. The number of aryl methyl sites for hydroxylation is 1. The molecule has 0 N–H and O–H groups in total. The second kappa shape index (κ2) is 6.51. The van der Waals surface area contributed by atoms with E-state index in [1.54, 1.807) is 11.8 Å². The first kappa shape index (κ1) is 14.5. The highest BCUT2D eigenvalue weighted by atomic mass is 32.2. The molecule has 1 aromatic heterocycles. The van der Waals surface area contributed by atoms with Crippen molar-refractivity contribution in [1.29, 1.82) is 0 Å². The SMILES string of the molecule is CSC[C@@H](C)C(=O)N1CCCC[C@@H]1c1cccn1C. The monoisotopic (exact) mass is 280 g/mol. The van der Waals surface area contributed by atoms with E-state index in [9.17, 15) is 4.79 Å². The summed E-state index contributed by atoms with van der Waals surface area (Å²) in [5.74, 6) is 1.35. The predicted octanol–water partition coefficient (Wildman–Crippen LogP) is 3.08. The van der Waals surface area contributed by atoms with Gasteiger partial charge in [0.15, 0.2) is 0 Å². The lowest BCUT2D eigenvalue weighted by Crippen LogP contribution is -2.42. The van der Waals surface area contributed by atoms with Crippen LogP contribution in [0.25, 0.3) is 0 Å². The first-order valence-corrected chi connectivity index (χ1v) is 8.45. The van der Waals surface area contributed by atoms with E-state index < -0.39 is 0 Å². The lowest BCUT2D eigenvalue weighted by molar-refractivity contribution is -0.138. The summed E-state index contributed by atoms with van der Waals surface area (Å²) in [4.78, 5) is 14.7. The number of hydrogen-bond donors (Lipinski definition) is 0. The van der Waals surface area contributed by atoms with Crippen molar-refractivity contribution in [3.63, 3.8) is 0 Å². The largest absolute Gasteiger partial charge is 0.353 e. The Labute approximate surface area is 120 Å². The van der Waals surface area contributed by atoms with Crippen molar-refractivity contribution in [3.05, 3.63) is 24.0 Å². The van der Waals surface area contributed by atoms with E-state index in [2.05, 4.69) is 48.0 Å². The average Bonchev–Trinajstić information content (AvgIpc) is 2.84. The Kier molecular flexibility index (Phi) is 4.97. The van der Waals surface area contributed by atoms with Crippen LogP contribution in [0.3, 0.4) is 0 Å². The summed E-state index contributed by atoms with van der Waals surface area (Å²) in [6.07, 6.45) is 7.58. The highest BCUT2D eigenvalue weighted by Gasteiger charge is 2.31. The molecule has 0 spiro atoms. The minimum atomic E-state index is 0.121. The Morgan fingerprint density at radius 1 is 1.53 bits per heavy atom. The molecule has 1 aromatic rings. The second-order valence-corrected chi connectivity index (χ2v) is 6.35. The summed E-state index contributed by atoms with van der Waals surface area (Å²) in [7, 11) is 2.07. The summed E-state index contributed by atoms with van der Waals surface area (Å²) < 4.78 is 2.15. The minimum Gasteiger partial charge on any atom is -0.353 e. The number of carbonyl (C=O) groups is 1. The van der Waals surface area contributed by atoms with E-state index in [0.29, 0.717) is 5.91 Å². The molecular weight excluding hydrogens is 256 g/mol. The average molecular weight is 280 g/mol. The number of likely N-dealkylation sites (tertiary alicyclic amines) is 1. The summed E-state index contributed by atoms with van der Waals surface area (Å²) in [6.45, 7) is 2.96. The van der Waals surface area contributed by atoms with Crippen molar-refractivity contribution < 1.29 is 4.79 Å². The maximum atomic E-state index is 12.6. The van der Waals surface area contributed by atoms with Gasteiger partial charge < -0.3 is 9.47 Å². The van der Waals surface area contributed by atoms with Gasteiger partial charge in [-0.2, -0.15) is 11.8 Å². The van der Waals surface area contributed by atoms with Gasteiger partial charge in [-0.25, -0.2) is 0 Å². The van der Waals surface area contributed by atoms with Crippen molar-refractivity contribution in [2.45, 2.75) is 32.2 Å². The molecule has 0 radical (unpaired) electrons. The molecule has 0 aromatic carbocycles. The molecule has 0 unspecified atom stereocenters. The number of nitrogens with zero attached hydrogens (tertiary/aromatic N) is 2. The van der Waals surface area contributed by atoms with Crippen LogP contribution < -0.4 is 0 Å². The van der Waals surface area contributed by atoms with Gasteiger partial charge in [0.05, 0.1) is 6.04 Å². The van der Waals surface area contributed by atoms with Crippen molar-refractivity contribution in [2.24, 2.45) is 13.0 Å². The molecule has 1 aliphatic heterocycles. The van der Waals surface area contributed by atoms with Crippen molar-refractivity contribution in [2.75, 3.05) is 18.6 Å². The predicted molar refractivity (Wildman–Crippen MR) is 81.3 cm³/mol. The first-order chi connectivity index (χ1) is 9.15. The Morgan fingerprint density at radius 3 is 2.95 bits per heavy atom. The molecule has 2 heterocycles. The quantitative estimate of drug-likeness (QED) is 0.847. The van der Waals surface area contributed by atoms with Gasteiger partial charge in [0.1, 0.15) is 0 Å². The molecule has 4 heteroatoms. The third kappa shape index (κ3) is 3.16. The Bertz CT molecular complexity index is 430. The highest BCUT2D eigenvalue weighted by molar-refractivity contribution is 7.98. The van der Waals surface area contributed by atoms with Gasteiger partial charge in [0.2, 0.25) is 5.91 Å². The van der Waals surface area contributed by atoms with Gasteiger partial charge in [0, 0.05) is 37.2 Å². The molecule has 106 valence electrons. The van der Waals surface area contributed by atoms with Crippen LogP contribution in [-0.2, 0) is 11.8 Å². The highest BCUT2D eigenvalue weighted by Crippen LogP contribution is 2.32. The molecule has 19 heavy (non-hydrogen) atoms. The summed E-state index contributed by atoms with van der Waals surface area (Å²) >= 11 is 1.75. The van der Waals surface area contributed by atoms with Crippen LogP contribution in [0, 0.1) is 5.92 Å². The maximum Gasteiger partial charge on any atom is 0.226 e. The number of rotatable bonds is 4. The fourth-order valence-electron chi connectivity index (χ4n) is 2.93. The van der Waals surface area contributed by atoms with E-state index in [-0.39, 0.29) is 12.0 Å². The molecule has 1 aliphatic rings. The molecule has 3 nitrogen and oxygen atoms in total. The van der Waals surface area contributed by atoms with E-state index in [1.165, 1.54) is 12.1 Å². The molecular formula is C15H24N2OS. The van der Waals surface area contributed by atoms with Crippen LogP contribution in [0.2, 0.25) is 0 Å². The molecule has 1 fully saturated rings. The standard InChI is InChI=1S/C15H24N2OS/c1-12(11-19-3)15(18)17-10-5-4-7-14(17)13-8-6-9-16(13)2/h6,8-9,12,14H,4-5,7,10-11H2,1-3H3/t12-,14-/m1/s1. The van der Waals surface area contributed by atoms with E-state index >= 15 is 0 Å². The van der Waals surface area contributed by atoms with Crippen LogP contribution in [0.5, 0.6) is 0 Å². The molecule has 1 saturated heterocycles. The molecule has 0 saturated carbocycles. The normalized spacial score (nSPS) is 21.4. The zero-order valence-corrected chi connectivity index (χ0v) is 12.9. The topological polar surface area (TPSA) is 25.2 Å². The first-order valence-electron chi connectivity index (χ1n) is 7.05. The van der Waals surface area contributed by atoms with Gasteiger partial charge in [-0.1, -0.05) is 6.92 Å². The van der Waals surface area contributed by atoms with Crippen LogP contribution in [0.15, 0.2) is 18.3 Å². The smallest absolute Gasteiger partial charge is 0.226 e. The third-order valence-electron chi connectivity index (χ3n) is 3.95. The van der Waals surface area contributed by atoms with Gasteiger partial charge >= 0.3 is 0 Å². The van der Waals surface area contributed by atoms with Gasteiger partial charge in [-0.05, 0) is 37.7 Å². The van der Waals surface area contributed by atoms with Crippen molar-refractivity contribution in [1.82, 2.24) is 9.47 Å². The van der Waals surface area contributed by atoms with Crippen molar-refractivity contribution >= 4 is 17.7 Å². The number of piperidine rings is 1. The maximum absolute atomic E-state index is 12.6. The number of hydrogen-bond acceptors (Lipinski definition) is 2. The Morgan fingerprint density at radius 2 is 2.32 bits per heavy atom. The van der Waals surface area contributed by atoms with Gasteiger partial charge in [0.25, 0.3) is 0 Å². The number of amides is 1. The van der Waals surface area contributed by atoms with Crippen LogP contribution in [0.4, 0.5) is 0 Å². The third-order valence-corrected chi connectivity index (χ3v) is 4.78. The summed E-state index contributed by atoms with van der Waals surface area (Å²) in [5, 5.41) is 0. The molecule has 2 atom stereocenters. The number of carbonyl (C=O) groups excluding carboxylic acids is 1. The van der Waals surface area contributed by atoms with Gasteiger partial charge in [-0.3, -0.25) is 4.79 Å². The molecule has 1 amide bonds. The Hall–Kier alpha value is -0.900. The lowest BCUT2D eigenvalue weighted by atomic mass is 9.97. The van der Waals surface area contributed by atoms with E-state index in [1.807, 2.05) is 0 Å². The number of thioether (sulfide) groups is 1. The molecule has 0 bridgehead atoms. The van der Waals surface area contributed by atoms with Crippen LogP contribution in [-0.4, -0.2) is 33.9 Å². The molecule has 0 aliphatic carbocycles. The van der Waals surface area contributed by atoms with Gasteiger partial charge in [-0.15, -0.1) is 0 Å².